The van der Waals surface area contributed by atoms with Crippen LogP contribution in [-0.4, -0.2) is 44.0 Å². The molecule has 0 aromatic carbocycles. The lowest BCUT2D eigenvalue weighted by molar-refractivity contribution is 0.0931. The number of aryl methyl sites for hydroxylation is 1. The van der Waals surface area contributed by atoms with Gasteiger partial charge in [-0.3, -0.25) is 14.0 Å². The second kappa shape index (κ2) is 8.14. The number of anilines is 1. The van der Waals surface area contributed by atoms with Gasteiger partial charge >= 0.3 is 0 Å². The van der Waals surface area contributed by atoms with Crippen LogP contribution >= 0.6 is 11.3 Å². The van der Waals surface area contributed by atoms with Gasteiger partial charge in [0.2, 0.25) is 0 Å². The standard InChI is InChI=1S/C22H24N6O2S/c1-2-3-9-27-17(13-16-19(27)25-18-6-4-5-10-28(18)21(16)30)20(29)24-15-7-11-26(14-15)22-23-8-12-31-22/h4-6,8,10,12-13,15H,2-3,7,9,11,14H2,1H3,(H,24,29). The molecule has 0 radical (unpaired) electrons. The predicted octanol–water partition coefficient (Wildman–Crippen LogP) is 2.91. The van der Waals surface area contributed by atoms with Crippen molar-refractivity contribution in [3.05, 3.63) is 58.1 Å². The van der Waals surface area contributed by atoms with Crippen LogP contribution in [0.5, 0.6) is 0 Å². The molecule has 0 saturated carbocycles. The number of thiazole rings is 1. The third-order valence-electron chi connectivity index (χ3n) is 5.76. The van der Waals surface area contributed by atoms with Crippen LogP contribution in [0.3, 0.4) is 0 Å². The van der Waals surface area contributed by atoms with Gasteiger partial charge in [-0.15, -0.1) is 11.3 Å². The Labute approximate surface area is 183 Å². The number of amides is 1. The molecule has 1 atom stereocenters. The Bertz CT molecular complexity index is 1290. The average molecular weight is 437 g/mol. The van der Waals surface area contributed by atoms with Gasteiger partial charge in [-0.25, -0.2) is 9.97 Å². The van der Waals surface area contributed by atoms with Crippen LogP contribution in [0.15, 0.2) is 46.8 Å². The zero-order valence-corrected chi connectivity index (χ0v) is 18.1. The first kappa shape index (κ1) is 19.7. The van der Waals surface area contributed by atoms with E-state index in [4.69, 9.17) is 4.98 Å². The highest BCUT2D eigenvalue weighted by Gasteiger charge is 2.27. The Morgan fingerprint density at radius 2 is 2.26 bits per heavy atom. The molecule has 0 aliphatic carbocycles. The molecule has 0 spiro atoms. The van der Waals surface area contributed by atoms with Crippen LogP contribution in [0.1, 0.15) is 36.7 Å². The van der Waals surface area contributed by atoms with Gasteiger partial charge in [0.05, 0.1) is 5.39 Å². The van der Waals surface area contributed by atoms with E-state index in [1.807, 2.05) is 22.1 Å². The lowest BCUT2D eigenvalue weighted by atomic mass is 10.2. The molecule has 1 unspecified atom stereocenters. The topological polar surface area (TPSA) is 84.5 Å². The molecule has 1 saturated heterocycles. The van der Waals surface area contributed by atoms with E-state index in [0.717, 1.165) is 37.5 Å². The molecule has 1 fully saturated rings. The lowest BCUT2D eigenvalue weighted by Crippen LogP contribution is -2.38. The first-order chi connectivity index (χ1) is 15.2. The third-order valence-corrected chi connectivity index (χ3v) is 6.59. The molecular formula is C22H24N6O2S. The maximum atomic E-state index is 13.3. The van der Waals surface area contributed by atoms with Gasteiger partial charge in [-0.05, 0) is 31.0 Å². The van der Waals surface area contributed by atoms with E-state index in [1.165, 1.54) is 4.40 Å². The number of hydrogen-bond donors (Lipinski definition) is 1. The van der Waals surface area contributed by atoms with Crippen LogP contribution in [0.25, 0.3) is 16.7 Å². The van der Waals surface area contributed by atoms with Gasteiger partial charge < -0.3 is 14.8 Å². The number of rotatable bonds is 6. The number of hydrogen-bond acceptors (Lipinski definition) is 6. The molecule has 5 heterocycles. The molecule has 8 nitrogen and oxygen atoms in total. The van der Waals surface area contributed by atoms with Crippen molar-refractivity contribution in [1.29, 1.82) is 0 Å². The first-order valence-electron chi connectivity index (χ1n) is 10.6. The van der Waals surface area contributed by atoms with Crippen LogP contribution in [0.2, 0.25) is 0 Å². The van der Waals surface area contributed by atoms with Crippen LogP contribution in [0.4, 0.5) is 5.13 Å². The second-order valence-corrected chi connectivity index (χ2v) is 8.71. The fourth-order valence-corrected chi connectivity index (χ4v) is 4.85. The van der Waals surface area contributed by atoms with Crippen molar-refractivity contribution in [1.82, 2.24) is 24.3 Å². The molecular weight excluding hydrogens is 412 g/mol. The Morgan fingerprint density at radius 1 is 1.35 bits per heavy atom. The Hall–Kier alpha value is -3.20. The number of fused-ring (bicyclic) bond motifs is 2. The summed E-state index contributed by atoms with van der Waals surface area (Å²) in [6.45, 7) is 4.35. The zero-order valence-electron chi connectivity index (χ0n) is 17.3. The molecule has 1 aliphatic heterocycles. The fourth-order valence-electron chi connectivity index (χ4n) is 4.17. The number of nitrogens with one attached hydrogen (secondary N) is 1. The number of pyridine rings is 1. The van der Waals surface area contributed by atoms with Crippen molar-refractivity contribution in [3.63, 3.8) is 0 Å². The highest BCUT2D eigenvalue weighted by molar-refractivity contribution is 7.13. The van der Waals surface area contributed by atoms with Crippen molar-refractivity contribution >= 4 is 39.1 Å². The number of carbonyl (C=O) groups excluding carboxylic acids is 1. The van der Waals surface area contributed by atoms with Crippen molar-refractivity contribution < 1.29 is 4.79 Å². The Morgan fingerprint density at radius 3 is 3.06 bits per heavy atom. The van der Waals surface area contributed by atoms with Crippen LogP contribution in [-0.2, 0) is 6.54 Å². The highest BCUT2D eigenvalue weighted by Crippen LogP contribution is 2.23. The summed E-state index contributed by atoms with van der Waals surface area (Å²) in [5, 5.41) is 6.58. The summed E-state index contributed by atoms with van der Waals surface area (Å²) in [5.74, 6) is -0.159. The molecule has 0 bridgehead atoms. The number of unbranched alkanes of at least 4 members (excludes halogenated alkanes) is 1. The van der Waals surface area contributed by atoms with Crippen molar-refractivity contribution in [2.45, 2.75) is 38.8 Å². The summed E-state index contributed by atoms with van der Waals surface area (Å²) >= 11 is 1.61. The molecule has 4 aromatic rings. The minimum Gasteiger partial charge on any atom is -0.346 e. The maximum absolute atomic E-state index is 13.3. The molecule has 1 N–H and O–H groups in total. The van der Waals surface area contributed by atoms with Crippen molar-refractivity contribution in [2.24, 2.45) is 0 Å². The minimum absolute atomic E-state index is 0.0437. The van der Waals surface area contributed by atoms with Crippen molar-refractivity contribution in [2.75, 3.05) is 18.0 Å². The second-order valence-electron chi connectivity index (χ2n) is 7.84. The van der Waals surface area contributed by atoms with Gasteiger partial charge in [-0.2, -0.15) is 0 Å². The Kier molecular flexibility index (Phi) is 5.19. The molecule has 1 amide bonds. The van der Waals surface area contributed by atoms with Gasteiger partial charge in [0.1, 0.15) is 17.0 Å². The lowest BCUT2D eigenvalue weighted by Gasteiger charge is -2.16. The van der Waals surface area contributed by atoms with E-state index in [1.54, 1.807) is 35.9 Å². The number of aromatic nitrogens is 4. The highest BCUT2D eigenvalue weighted by atomic mass is 32.1. The van der Waals surface area contributed by atoms with Crippen LogP contribution in [0, 0.1) is 0 Å². The minimum atomic E-state index is -0.159. The van der Waals surface area contributed by atoms with E-state index in [-0.39, 0.29) is 17.5 Å². The third kappa shape index (κ3) is 3.59. The van der Waals surface area contributed by atoms with Gasteiger partial charge in [0.25, 0.3) is 11.5 Å². The molecule has 31 heavy (non-hydrogen) atoms. The quantitative estimate of drug-likeness (QED) is 0.502. The Balaban J connectivity index is 1.48. The molecule has 4 aromatic heterocycles. The van der Waals surface area contributed by atoms with Crippen molar-refractivity contribution in [3.8, 4) is 0 Å². The summed E-state index contributed by atoms with van der Waals surface area (Å²) in [4.78, 5) is 37.6. The molecule has 5 rings (SSSR count). The summed E-state index contributed by atoms with van der Waals surface area (Å²) in [6, 6.07) is 7.21. The monoisotopic (exact) mass is 436 g/mol. The largest absolute Gasteiger partial charge is 0.346 e. The van der Waals surface area contributed by atoms with E-state index in [9.17, 15) is 9.59 Å². The SMILES string of the molecule is CCCCn1c(C(=O)NC2CCN(c3nccs3)C2)cc2c(=O)n3ccccc3nc21. The van der Waals surface area contributed by atoms with Gasteiger partial charge in [0, 0.05) is 43.4 Å². The summed E-state index contributed by atoms with van der Waals surface area (Å²) in [6.07, 6.45) is 6.26. The molecule has 9 heteroatoms. The zero-order chi connectivity index (χ0) is 21.4. The van der Waals surface area contributed by atoms with E-state index >= 15 is 0 Å². The predicted molar refractivity (Wildman–Crippen MR) is 122 cm³/mol. The fraction of sp³-hybridized carbons (Fsp3) is 0.364. The number of nitrogens with zero attached hydrogens (tertiary/aromatic N) is 5. The van der Waals surface area contributed by atoms with E-state index in [2.05, 4.69) is 22.1 Å². The normalized spacial score (nSPS) is 16.4. The summed E-state index contributed by atoms with van der Waals surface area (Å²) in [5.41, 5.74) is 1.50. The van der Waals surface area contributed by atoms with Gasteiger partial charge in [-0.1, -0.05) is 19.4 Å². The molecule has 160 valence electrons. The smallest absolute Gasteiger partial charge is 0.268 e. The van der Waals surface area contributed by atoms with Gasteiger partial charge in [0.15, 0.2) is 5.13 Å². The number of carbonyl (C=O) groups is 1. The van der Waals surface area contributed by atoms with E-state index in [0.29, 0.717) is 28.9 Å². The van der Waals surface area contributed by atoms with Crippen LogP contribution < -0.4 is 15.8 Å². The van der Waals surface area contributed by atoms with E-state index < -0.39 is 0 Å². The first-order valence-corrected chi connectivity index (χ1v) is 11.5. The maximum Gasteiger partial charge on any atom is 0.268 e. The summed E-state index contributed by atoms with van der Waals surface area (Å²) < 4.78 is 3.42. The summed E-state index contributed by atoms with van der Waals surface area (Å²) in [7, 11) is 0. The molecule has 1 aliphatic rings. The average Bonchev–Trinajstić information content (AvgIpc) is 3.52.